The molecule has 20 heavy (non-hydrogen) atoms. The minimum absolute atomic E-state index is 0.169. The molecule has 2 nitrogen and oxygen atoms in total. The summed E-state index contributed by atoms with van der Waals surface area (Å²) in [5.74, 6) is 0. The number of rotatable bonds is 3. The number of aliphatic hydroxyl groups is 1. The van der Waals surface area contributed by atoms with Gasteiger partial charge in [0.25, 0.3) is 0 Å². The second-order valence-corrected chi connectivity index (χ2v) is 7.58. The summed E-state index contributed by atoms with van der Waals surface area (Å²) >= 11 is 1.59. The van der Waals surface area contributed by atoms with E-state index in [1.54, 1.807) is 11.3 Å². The molecule has 3 heteroatoms. The first-order valence-corrected chi connectivity index (χ1v) is 7.80. The van der Waals surface area contributed by atoms with E-state index in [9.17, 15) is 5.11 Å². The van der Waals surface area contributed by atoms with Gasteiger partial charge in [-0.05, 0) is 30.4 Å². The van der Waals surface area contributed by atoms with Crippen molar-refractivity contribution in [3.05, 3.63) is 51.0 Å². The Labute approximate surface area is 125 Å². The van der Waals surface area contributed by atoms with Crippen LogP contribution in [0.4, 0.5) is 0 Å². The Bertz CT molecular complexity index is 578. The maximum absolute atomic E-state index is 10.4. The Morgan fingerprint density at radius 1 is 1.15 bits per heavy atom. The zero-order chi connectivity index (χ0) is 14.9. The lowest BCUT2D eigenvalue weighted by molar-refractivity contribution is 0.181. The van der Waals surface area contributed by atoms with Crippen LogP contribution in [0.25, 0.3) is 0 Å². The van der Waals surface area contributed by atoms with Crippen molar-refractivity contribution in [2.45, 2.75) is 52.6 Å². The third kappa shape index (κ3) is 3.47. The third-order valence-electron chi connectivity index (χ3n) is 3.49. The van der Waals surface area contributed by atoms with E-state index in [0.717, 1.165) is 21.1 Å². The van der Waals surface area contributed by atoms with E-state index in [0.29, 0.717) is 6.42 Å². The number of aliphatic hydroxyl groups excluding tert-OH is 1. The second-order valence-electron chi connectivity index (χ2n) is 6.35. The first kappa shape index (κ1) is 15.2. The second kappa shape index (κ2) is 5.66. The van der Waals surface area contributed by atoms with Crippen molar-refractivity contribution < 1.29 is 5.11 Å². The lowest BCUT2D eigenvalue weighted by Gasteiger charge is -2.19. The van der Waals surface area contributed by atoms with Gasteiger partial charge in [0.15, 0.2) is 0 Å². The normalized spacial score (nSPS) is 13.5. The molecular formula is C17H23NOS. The first-order chi connectivity index (χ1) is 9.27. The molecule has 0 aliphatic rings. The van der Waals surface area contributed by atoms with E-state index in [-0.39, 0.29) is 5.41 Å². The Kier molecular flexibility index (Phi) is 4.31. The number of aromatic nitrogens is 1. The molecule has 0 fully saturated rings. The number of aryl methyl sites for hydroxylation is 2. The van der Waals surface area contributed by atoms with E-state index >= 15 is 0 Å². The molecule has 0 aliphatic heterocycles. The van der Waals surface area contributed by atoms with Gasteiger partial charge in [-0.3, -0.25) is 0 Å². The fourth-order valence-electron chi connectivity index (χ4n) is 2.31. The summed E-state index contributed by atoms with van der Waals surface area (Å²) in [6.07, 6.45) is 0.189. The summed E-state index contributed by atoms with van der Waals surface area (Å²) in [7, 11) is 0. The van der Waals surface area contributed by atoms with Gasteiger partial charge < -0.3 is 5.11 Å². The molecule has 1 unspecified atom stereocenters. The van der Waals surface area contributed by atoms with Gasteiger partial charge in [0.2, 0.25) is 0 Å². The molecule has 2 aromatic rings. The number of thiazole rings is 1. The molecule has 1 aromatic carbocycles. The van der Waals surface area contributed by atoms with Gasteiger partial charge in [-0.1, -0.05) is 45.0 Å². The van der Waals surface area contributed by atoms with Crippen molar-refractivity contribution in [2.24, 2.45) is 0 Å². The molecule has 0 saturated heterocycles. The topological polar surface area (TPSA) is 33.1 Å². The van der Waals surface area contributed by atoms with Crippen LogP contribution in [0.3, 0.4) is 0 Å². The van der Waals surface area contributed by atoms with Gasteiger partial charge in [0.05, 0.1) is 21.7 Å². The first-order valence-electron chi connectivity index (χ1n) is 6.99. The fourth-order valence-corrected chi connectivity index (χ4v) is 3.23. The van der Waals surface area contributed by atoms with Crippen molar-refractivity contribution in [3.8, 4) is 0 Å². The van der Waals surface area contributed by atoms with E-state index < -0.39 is 6.10 Å². The molecular weight excluding hydrogens is 266 g/mol. The van der Waals surface area contributed by atoms with E-state index in [1.807, 2.05) is 13.8 Å². The molecule has 2 rings (SSSR count). The van der Waals surface area contributed by atoms with Crippen molar-refractivity contribution >= 4 is 11.3 Å². The van der Waals surface area contributed by atoms with E-state index in [4.69, 9.17) is 0 Å². The van der Waals surface area contributed by atoms with Crippen LogP contribution in [0.1, 0.15) is 53.6 Å². The standard InChI is InChI=1S/C17H23NOS/c1-11-16(20-12(2)18-11)15(19)10-13-6-8-14(9-7-13)17(3,4)5/h6-9,15,19H,10H2,1-5H3. The maximum atomic E-state index is 10.4. The molecule has 1 aromatic heterocycles. The van der Waals surface area contributed by atoms with E-state index in [2.05, 4.69) is 50.0 Å². The molecule has 0 bridgehead atoms. The molecule has 0 saturated carbocycles. The monoisotopic (exact) mass is 289 g/mol. The van der Waals surface area contributed by atoms with Crippen LogP contribution in [-0.2, 0) is 11.8 Å². The largest absolute Gasteiger partial charge is 0.387 e. The van der Waals surface area contributed by atoms with Gasteiger partial charge in [-0.2, -0.15) is 0 Å². The lowest BCUT2D eigenvalue weighted by atomic mass is 9.86. The molecule has 0 amide bonds. The van der Waals surface area contributed by atoms with Crippen LogP contribution in [-0.4, -0.2) is 10.1 Å². The van der Waals surface area contributed by atoms with Gasteiger partial charge in [0, 0.05) is 6.42 Å². The predicted octanol–water partition coefficient (Wildman–Crippen LogP) is 4.33. The van der Waals surface area contributed by atoms with Crippen molar-refractivity contribution in [3.63, 3.8) is 0 Å². The van der Waals surface area contributed by atoms with Gasteiger partial charge >= 0.3 is 0 Å². The number of hydrogen-bond acceptors (Lipinski definition) is 3. The molecule has 0 spiro atoms. The third-order valence-corrected chi connectivity index (χ3v) is 4.67. The highest BCUT2D eigenvalue weighted by molar-refractivity contribution is 7.11. The van der Waals surface area contributed by atoms with Crippen LogP contribution in [0, 0.1) is 13.8 Å². The predicted molar refractivity (Wildman–Crippen MR) is 85.4 cm³/mol. The zero-order valence-corrected chi connectivity index (χ0v) is 13.7. The van der Waals surface area contributed by atoms with E-state index in [1.165, 1.54) is 5.56 Å². The quantitative estimate of drug-likeness (QED) is 0.912. The molecule has 1 heterocycles. The summed E-state index contributed by atoms with van der Waals surface area (Å²) < 4.78 is 0. The maximum Gasteiger partial charge on any atom is 0.0941 e. The summed E-state index contributed by atoms with van der Waals surface area (Å²) in [6.45, 7) is 10.6. The highest BCUT2D eigenvalue weighted by Gasteiger charge is 2.16. The average molecular weight is 289 g/mol. The van der Waals surface area contributed by atoms with Crippen LogP contribution in [0.2, 0.25) is 0 Å². The van der Waals surface area contributed by atoms with Crippen molar-refractivity contribution in [2.75, 3.05) is 0 Å². The Balaban J connectivity index is 2.12. The van der Waals surface area contributed by atoms with Gasteiger partial charge in [-0.25, -0.2) is 4.98 Å². The molecule has 1 N–H and O–H groups in total. The van der Waals surface area contributed by atoms with Gasteiger partial charge in [0.1, 0.15) is 0 Å². The summed E-state index contributed by atoms with van der Waals surface area (Å²) in [5.41, 5.74) is 3.60. The van der Waals surface area contributed by atoms with Crippen LogP contribution >= 0.6 is 11.3 Å². The zero-order valence-electron chi connectivity index (χ0n) is 12.9. The Morgan fingerprint density at radius 2 is 1.75 bits per heavy atom. The molecule has 108 valence electrons. The Hall–Kier alpha value is -1.19. The summed E-state index contributed by atoms with van der Waals surface area (Å²) in [4.78, 5) is 5.37. The van der Waals surface area contributed by atoms with Crippen LogP contribution in [0.15, 0.2) is 24.3 Å². The van der Waals surface area contributed by atoms with Crippen LogP contribution < -0.4 is 0 Å². The summed E-state index contributed by atoms with van der Waals surface area (Å²) in [5, 5.41) is 11.4. The molecule has 0 aliphatic carbocycles. The number of nitrogens with zero attached hydrogens (tertiary/aromatic N) is 1. The fraction of sp³-hybridized carbons (Fsp3) is 0.471. The van der Waals surface area contributed by atoms with Crippen molar-refractivity contribution in [1.82, 2.24) is 4.98 Å². The minimum Gasteiger partial charge on any atom is -0.387 e. The SMILES string of the molecule is Cc1nc(C)c(C(O)Cc2ccc(C(C)(C)C)cc2)s1. The number of hydrogen-bond donors (Lipinski definition) is 1. The number of benzene rings is 1. The highest BCUT2D eigenvalue weighted by atomic mass is 32.1. The van der Waals surface area contributed by atoms with Crippen molar-refractivity contribution in [1.29, 1.82) is 0 Å². The average Bonchev–Trinajstić information content (AvgIpc) is 2.68. The molecule has 1 atom stereocenters. The lowest BCUT2D eigenvalue weighted by Crippen LogP contribution is -2.11. The Morgan fingerprint density at radius 3 is 2.20 bits per heavy atom. The smallest absolute Gasteiger partial charge is 0.0941 e. The molecule has 0 radical (unpaired) electrons. The van der Waals surface area contributed by atoms with Gasteiger partial charge in [-0.15, -0.1) is 11.3 Å². The summed E-state index contributed by atoms with van der Waals surface area (Å²) in [6, 6.07) is 8.56. The van der Waals surface area contributed by atoms with Crippen LogP contribution in [0.5, 0.6) is 0 Å². The highest BCUT2D eigenvalue weighted by Crippen LogP contribution is 2.28. The minimum atomic E-state index is -0.457.